The maximum Gasteiger partial charge on any atom is 0.238 e. The number of benzene rings is 2. The Bertz CT molecular complexity index is 873. The molecule has 0 spiro atoms. The summed E-state index contributed by atoms with van der Waals surface area (Å²) in [5, 5.41) is 10.3. The second-order valence-corrected chi connectivity index (χ2v) is 6.98. The summed E-state index contributed by atoms with van der Waals surface area (Å²) in [5.41, 5.74) is 7.37. The fourth-order valence-corrected chi connectivity index (χ4v) is 3.33. The topological polar surface area (TPSA) is 144 Å². The zero-order valence-corrected chi connectivity index (χ0v) is 11.1. The molecule has 0 aliphatic carbocycles. The largest absolute Gasteiger partial charge is 0.301 e. The van der Waals surface area contributed by atoms with Crippen molar-refractivity contribution in [2.75, 3.05) is 0 Å². The minimum atomic E-state index is -4.07. The van der Waals surface area contributed by atoms with Gasteiger partial charge < -0.3 is 5.73 Å². The Labute approximate surface area is 110 Å². The summed E-state index contributed by atoms with van der Waals surface area (Å²) in [6.07, 6.45) is 0. The van der Waals surface area contributed by atoms with Crippen molar-refractivity contribution in [3.05, 3.63) is 30.3 Å². The Hall–Kier alpha value is -1.68. The van der Waals surface area contributed by atoms with E-state index in [1.54, 1.807) is 0 Å². The van der Waals surface area contributed by atoms with Crippen LogP contribution < -0.4 is 16.0 Å². The van der Waals surface area contributed by atoms with Crippen LogP contribution in [0, 0.1) is 0 Å². The molecule has 0 atom stereocenters. The maximum atomic E-state index is 11.5. The number of rotatable bonds is 2. The molecule has 2 rings (SSSR count). The lowest BCUT2D eigenvalue weighted by molar-refractivity contribution is 0.596. The molecule has 0 aromatic heterocycles. The van der Waals surface area contributed by atoms with Gasteiger partial charge in [0.2, 0.25) is 20.0 Å². The van der Waals surface area contributed by atoms with Gasteiger partial charge in [0.15, 0.2) is 0 Å². The van der Waals surface area contributed by atoms with Gasteiger partial charge in [-0.2, -0.15) is 0 Å². The number of hydrogen-bond donors (Lipinski definition) is 2. The lowest BCUT2D eigenvalue weighted by Gasteiger charge is -2.09. The van der Waals surface area contributed by atoms with E-state index in [1.807, 2.05) is 0 Å². The van der Waals surface area contributed by atoms with Crippen molar-refractivity contribution in [2.45, 2.75) is 9.79 Å². The van der Waals surface area contributed by atoms with Gasteiger partial charge in [0, 0.05) is 10.8 Å². The molecule has 0 saturated carbocycles. The molecule has 2 aromatic rings. The normalized spacial score (nSPS) is 12.7. The molecule has 9 heteroatoms. The van der Waals surface area contributed by atoms with Crippen molar-refractivity contribution in [3.63, 3.8) is 0 Å². The van der Waals surface area contributed by atoms with Crippen LogP contribution in [0.5, 0.6) is 0 Å². The summed E-state index contributed by atoms with van der Waals surface area (Å²) in [4.78, 5) is -0.551. The van der Waals surface area contributed by atoms with Crippen LogP contribution in [0.15, 0.2) is 40.1 Å². The number of sulfonamides is 2. The predicted molar refractivity (Wildman–Crippen MR) is 69.5 cm³/mol. The van der Waals surface area contributed by atoms with Crippen molar-refractivity contribution in [2.24, 2.45) is 10.3 Å². The summed E-state index contributed by atoms with van der Waals surface area (Å²) in [6.45, 7) is 0. The second kappa shape index (κ2) is 4.17. The van der Waals surface area contributed by atoms with Crippen LogP contribution in [0.1, 0.15) is 0 Å². The third-order valence-corrected chi connectivity index (χ3v) is 4.45. The van der Waals surface area contributed by atoms with Gasteiger partial charge in [-0.15, -0.1) is 0 Å². The highest BCUT2D eigenvalue weighted by Gasteiger charge is 2.19. The first-order valence-electron chi connectivity index (χ1n) is 4.95. The van der Waals surface area contributed by atoms with E-state index in [1.165, 1.54) is 24.3 Å². The lowest BCUT2D eigenvalue weighted by atomic mass is 10.1. The molecule has 0 bridgehead atoms. The quantitative estimate of drug-likeness (QED) is 0.807. The van der Waals surface area contributed by atoms with E-state index in [-0.39, 0.29) is 26.3 Å². The summed E-state index contributed by atoms with van der Waals surface area (Å²) >= 11 is 0. The zero-order chi connectivity index (χ0) is 14.4. The summed E-state index contributed by atoms with van der Waals surface area (Å²) in [5.74, 6) is 0. The third kappa shape index (κ3) is 2.54. The summed E-state index contributed by atoms with van der Waals surface area (Å²) in [6, 6.07) is 6.29. The number of nitrogens with two attached hydrogens (primary N) is 2. The molecule has 0 heterocycles. The summed E-state index contributed by atoms with van der Waals surface area (Å²) < 4.78 is 45.9. The van der Waals surface area contributed by atoms with Gasteiger partial charge in [-0.25, -0.2) is 27.1 Å². The highest BCUT2D eigenvalue weighted by molar-refractivity contribution is 7.89. The van der Waals surface area contributed by atoms with Crippen molar-refractivity contribution < 1.29 is 16.8 Å². The van der Waals surface area contributed by atoms with Crippen molar-refractivity contribution in [1.29, 1.82) is 0 Å². The number of fused-ring (bicyclic) bond motifs is 1. The molecule has 0 saturated heterocycles. The number of hydrogen-bond acceptors (Lipinski definition) is 4. The average molecular weight is 300 g/mol. The molecule has 0 aliphatic rings. The molecule has 0 aliphatic heterocycles. The Morgan fingerprint density at radius 3 is 1.95 bits per heavy atom. The molecule has 7 nitrogen and oxygen atoms in total. The first kappa shape index (κ1) is 13.7. The van der Waals surface area contributed by atoms with E-state index in [4.69, 9.17) is 16.0 Å². The Morgan fingerprint density at radius 1 is 0.842 bits per heavy atom. The molecule has 5 N–H and O–H groups in total. The van der Waals surface area contributed by atoms with E-state index in [9.17, 15) is 16.8 Å². The molecule has 101 valence electrons. The van der Waals surface area contributed by atoms with Gasteiger partial charge in [0.05, 0.1) is 15.5 Å². The predicted octanol–water partition coefficient (Wildman–Crippen LogP) is 0.0490. The highest BCUT2D eigenvalue weighted by Crippen LogP contribution is 2.30. The molecule has 0 unspecified atom stereocenters. The monoisotopic (exact) mass is 300 g/mol. The van der Waals surface area contributed by atoms with E-state index < -0.39 is 20.0 Å². The van der Waals surface area contributed by atoms with E-state index in [0.29, 0.717) is 0 Å². The maximum absolute atomic E-state index is 11.5. The molecule has 2 aromatic carbocycles. The van der Waals surface area contributed by atoms with Crippen LogP contribution in [0.2, 0.25) is 0 Å². The van der Waals surface area contributed by atoms with Crippen LogP contribution in [0.4, 0.5) is 5.69 Å². The van der Waals surface area contributed by atoms with Gasteiger partial charge in [-0.1, -0.05) is 12.1 Å². The van der Waals surface area contributed by atoms with E-state index in [2.05, 4.69) is 0 Å². The molecular weight excluding hydrogens is 290 g/mol. The smallest absolute Gasteiger partial charge is 0.238 e. The first-order chi connectivity index (χ1) is 8.60. The molecule has 1 radical (unpaired) electrons. The van der Waals surface area contributed by atoms with Crippen LogP contribution in [0.3, 0.4) is 0 Å². The first-order valence-corrected chi connectivity index (χ1v) is 8.04. The Balaban J connectivity index is 3.07. The molecule has 0 amide bonds. The van der Waals surface area contributed by atoms with E-state index >= 15 is 0 Å². The number of primary sulfonamides is 2. The summed E-state index contributed by atoms with van der Waals surface area (Å²) in [7, 11) is -8.10. The fraction of sp³-hybridized carbons (Fsp3) is 0. The fourth-order valence-electron chi connectivity index (χ4n) is 1.81. The van der Waals surface area contributed by atoms with Crippen LogP contribution in [-0.2, 0) is 20.0 Å². The van der Waals surface area contributed by atoms with Crippen LogP contribution >= 0.6 is 0 Å². The van der Waals surface area contributed by atoms with Crippen LogP contribution in [0.25, 0.3) is 10.8 Å². The van der Waals surface area contributed by atoms with Crippen molar-refractivity contribution in [1.82, 2.24) is 5.73 Å². The van der Waals surface area contributed by atoms with Gasteiger partial charge in [0.1, 0.15) is 0 Å². The Morgan fingerprint density at radius 2 is 1.42 bits per heavy atom. The molecular formula is C10H10N3O4S2. The standard InChI is InChI=1S/C10H10N3O4S2/c11-6-4-8-7(10(5-6)19(13,16)17)2-1-3-9(8)18(12,14)15/h1-5,11H,(H2,12,14,15)(H2,13,16,17). The minimum absolute atomic E-state index is 0.0570. The van der Waals surface area contributed by atoms with Gasteiger partial charge >= 0.3 is 0 Å². The van der Waals surface area contributed by atoms with Gasteiger partial charge in [-0.05, 0) is 18.2 Å². The Kier molecular flexibility index (Phi) is 3.01. The van der Waals surface area contributed by atoms with E-state index in [0.717, 1.165) is 6.07 Å². The SMILES string of the molecule is [NH]c1cc(S(N)(=O)=O)c2cccc(S(N)(=O)=O)c2c1. The molecule has 19 heavy (non-hydrogen) atoms. The highest BCUT2D eigenvalue weighted by atomic mass is 32.2. The minimum Gasteiger partial charge on any atom is -0.301 e. The average Bonchev–Trinajstić information content (AvgIpc) is 2.24. The second-order valence-electron chi connectivity index (χ2n) is 3.92. The number of nitrogens with one attached hydrogen (secondary N) is 1. The van der Waals surface area contributed by atoms with Crippen LogP contribution in [-0.4, -0.2) is 16.8 Å². The third-order valence-electron chi connectivity index (χ3n) is 2.53. The van der Waals surface area contributed by atoms with Crippen molar-refractivity contribution in [3.8, 4) is 0 Å². The van der Waals surface area contributed by atoms with Gasteiger partial charge in [-0.3, -0.25) is 0 Å². The zero-order valence-electron chi connectivity index (χ0n) is 9.49. The lowest BCUT2D eigenvalue weighted by Crippen LogP contribution is -2.15. The van der Waals surface area contributed by atoms with Crippen molar-refractivity contribution >= 4 is 36.5 Å². The van der Waals surface area contributed by atoms with Gasteiger partial charge in [0.25, 0.3) is 0 Å². The molecule has 0 fully saturated rings.